The van der Waals surface area contributed by atoms with E-state index >= 15 is 0 Å². The van der Waals surface area contributed by atoms with Crippen LogP contribution in [0.1, 0.15) is 39.8 Å². The number of nitrogens with zero attached hydrogens (tertiary/aromatic N) is 4. The number of benzene rings is 3. The topological polar surface area (TPSA) is 44.9 Å². The molecule has 0 unspecified atom stereocenters. The van der Waals surface area contributed by atoms with E-state index in [0.29, 0.717) is 17.4 Å². The highest BCUT2D eigenvalue weighted by Crippen LogP contribution is 2.40. The molecule has 0 bridgehead atoms. The Balaban J connectivity index is 1.35. The molecule has 158 valence electrons. The molecule has 2 heterocycles. The van der Waals surface area contributed by atoms with E-state index in [1.165, 1.54) is 22.4 Å². The van der Waals surface area contributed by atoms with E-state index in [1.54, 1.807) is 0 Å². The van der Waals surface area contributed by atoms with Crippen LogP contribution in [0, 0.1) is 11.3 Å². The molecule has 0 aliphatic carbocycles. The number of likely N-dealkylation sites (tertiary alicyclic amines) is 1. The molecule has 5 rings (SSSR count). The van der Waals surface area contributed by atoms with Crippen molar-refractivity contribution in [3.63, 3.8) is 0 Å². The number of imidazole rings is 1. The van der Waals surface area contributed by atoms with Gasteiger partial charge in [0.1, 0.15) is 0 Å². The monoisotopic (exact) mass is 418 g/mol. The van der Waals surface area contributed by atoms with E-state index in [1.807, 2.05) is 36.8 Å². The molecular weight excluding hydrogens is 392 g/mol. The van der Waals surface area contributed by atoms with Crippen molar-refractivity contribution >= 4 is 0 Å². The summed E-state index contributed by atoms with van der Waals surface area (Å²) in [7, 11) is 0. The minimum absolute atomic E-state index is 0.480. The van der Waals surface area contributed by atoms with Crippen molar-refractivity contribution in [3.8, 4) is 6.07 Å². The summed E-state index contributed by atoms with van der Waals surface area (Å²) in [6.07, 6.45) is 3.89. The molecule has 4 heteroatoms. The molecule has 0 saturated carbocycles. The Morgan fingerprint density at radius 2 is 1.38 bits per heavy atom. The molecule has 0 N–H and O–H groups in total. The SMILES string of the molecule is N#Cc1ccc(Cn2cncc2CN2C[C@H](c3ccccc3)[C@H](c3ccccc3)C2)cc1. The molecule has 1 aliphatic heterocycles. The van der Waals surface area contributed by atoms with Crippen molar-refractivity contribution in [2.45, 2.75) is 24.9 Å². The van der Waals surface area contributed by atoms with Crippen LogP contribution in [0.2, 0.25) is 0 Å². The first-order valence-electron chi connectivity index (χ1n) is 11.1. The summed E-state index contributed by atoms with van der Waals surface area (Å²) in [4.78, 5) is 6.99. The number of hydrogen-bond donors (Lipinski definition) is 0. The van der Waals surface area contributed by atoms with Crippen LogP contribution >= 0.6 is 0 Å². The van der Waals surface area contributed by atoms with Crippen molar-refractivity contribution in [1.82, 2.24) is 14.5 Å². The fraction of sp³-hybridized carbons (Fsp3) is 0.214. The third-order valence-electron chi connectivity index (χ3n) is 6.47. The highest BCUT2D eigenvalue weighted by Gasteiger charge is 2.34. The summed E-state index contributed by atoms with van der Waals surface area (Å²) in [6, 6.07) is 31.8. The lowest BCUT2D eigenvalue weighted by molar-refractivity contribution is 0.315. The van der Waals surface area contributed by atoms with Gasteiger partial charge in [-0.05, 0) is 28.8 Å². The second kappa shape index (κ2) is 9.21. The normalized spacial score (nSPS) is 18.5. The third-order valence-corrected chi connectivity index (χ3v) is 6.47. The largest absolute Gasteiger partial charge is 0.329 e. The van der Waals surface area contributed by atoms with Gasteiger partial charge >= 0.3 is 0 Å². The summed E-state index contributed by atoms with van der Waals surface area (Å²) in [5.74, 6) is 0.960. The van der Waals surface area contributed by atoms with Gasteiger partial charge in [-0.2, -0.15) is 5.26 Å². The van der Waals surface area contributed by atoms with E-state index in [4.69, 9.17) is 5.26 Å². The average molecular weight is 419 g/mol. The maximum absolute atomic E-state index is 9.03. The average Bonchev–Trinajstić information content (AvgIpc) is 3.48. The maximum atomic E-state index is 9.03. The highest BCUT2D eigenvalue weighted by atomic mass is 15.2. The van der Waals surface area contributed by atoms with Crippen molar-refractivity contribution in [3.05, 3.63) is 125 Å². The first kappa shape index (κ1) is 20.2. The van der Waals surface area contributed by atoms with Gasteiger partial charge in [0.05, 0.1) is 23.7 Å². The second-order valence-corrected chi connectivity index (χ2v) is 8.55. The van der Waals surface area contributed by atoms with Gasteiger partial charge in [0.25, 0.3) is 0 Å². The molecule has 0 radical (unpaired) electrons. The van der Waals surface area contributed by atoms with E-state index in [9.17, 15) is 0 Å². The Morgan fingerprint density at radius 1 is 0.781 bits per heavy atom. The van der Waals surface area contributed by atoms with Gasteiger partial charge < -0.3 is 4.57 Å². The molecule has 2 atom stereocenters. The first-order chi connectivity index (χ1) is 15.8. The molecule has 0 amide bonds. The number of rotatable bonds is 6. The molecule has 4 aromatic rings. The Morgan fingerprint density at radius 3 is 1.94 bits per heavy atom. The molecule has 1 aromatic heterocycles. The van der Waals surface area contributed by atoms with Crippen LogP contribution in [0.5, 0.6) is 0 Å². The van der Waals surface area contributed by atoms with Gasteiger partial charge in [-0.15, -0.1) is 0 Å². The van der Waals surface area contributed by atoms with Gasteiger partial charge in [-0.1, -0.05) is 72.8 Å². The van der Waals surface area contributed by atoms with Gasteiger partial charge in [0.15, 0.2) is 0 Å². The third kappa shape index (κ3) is 4.34. The fourth-order valence-electron chi connectivity index (χ4n) is 4.82. The summed E-state index contributed by atoms with van der Waals surface area (Å²) >= 11 is 0. The fourth-order valence-corrected chi connectivity index (χ4v) is 4.82. The molecule has 3 aromatic carbocycles. The molecule has 1 saturated heterocycles. The molecule has 4 nitrogen and oxygen atoms in total. The quantitative estimate of drug-likeness (QED) is 0.433. The molecule has 32 heavy (non-hydrogen) atoms. The maximum Gasteiger partial charge on any atom is 0.0991 e. The summed E-state index contributed by atoms with van der Waals surface area (Å²) in [5, 5.41) is 9.03. The summed E-state index contributed by atoms with van der Waals surface area (Å²) in [5.41, 5.74) is 5.91. The Kier molecular flexibility index (Phi) is 5.83. The Labute approximate surface area is 189 Å². The van der Waals surface area contributed by atoms with Crippen LogP contribution in [0.3, 0.4) is 0 Å². The standard InChI is InChI=1S/C28H26N4/c29-15-22-11-13-23(14-12-22)17-32-21-30-16-26(32)18-31-19-27(24-7-3-1-4-8-24)28(20-31)25-9-5-2-6-10-25/h1-14,16,21,27-28H,17-20H2/t27-,28+. The second-order valence-electron chi connectivity index (χ2n) is 8.55. The van der Waals surface area contributed by atoms with Crippen LogP contribution in [0.15, 0.2) is 97.5 Å². The zero-order chi connectivity index (χ0) is 21.8. The Hall–Kier alpha value is -3.68. The van der Waals surface area contributed by atoms with Crippen LogP contribution in [0.25, 0.3) is 0 Å². The van der Waals surface area contributed by atoms with Crippen LogP contribution in [-0.4, -0.2) is 27.5 Å². The van der Waals surface area contributed by atoms with Crippen LogP contribution in [-0.2, 0) is 13.1 Å². The van der Waals surface area contributed by atoms with E-state index in [-0.39, 0.29) is 0 Å². The molecule has 1 fully saturated rings. The predicted octanol–water partition coefficient (Wildman–Crippen LogP) is 5.19. The predicted molar refractivity (Wildman–Crippen MR) is 126 cm³/mol. The lowest BCUT2D eigenvalue weighted by Crippen LogP contribution is -2.22. The lowest BCUT2D eigenvalue weighted by atomic mass is 9.84. The van der Waals surface area contributed by atoms with Crippen molar-refractivity contribution in [1.29, 1.82) is 5.26 Å². The van der Waals surface area contributed by atoms with Crippen molar-refractivity contribution in [2.75, 3.05) is 13.1 Å². The zero-order valence-electron chi connectivity index (χ0n) is 18.0. The number of aromatic nitrogens is 2. The molecular formula is C28H26N4. The van der Waals surface area contributed by atoms with E-state index < -0.39 is 0 Å². The van der Waals surface area contributed by atoms with Crippen LogP contribution in [0.4, 0.5) is 0 Å². The van der Waals surface area contributed by atoms with Crippen LogP contribution < -0.4 is 0 Å². The van der Waals surface area contributed by atoms with Gasteiger partial charge in [0, 0.05) is 44.2 Å². The van der Waals surface area contributed by atoms with Crippen molar-refractivity contribution in [2.24, 2.45) is 0 Å². The number of nitriles is 1. The highest BCUT2D eigenvalue weighted by molar-refractivity contribution is 5.33. The zero-order valence-corrected chi connectivity index (χ0v) is 18.0. The number of hydrogen-bond acceptors (Lipinski definition) is 3. The van der Waals surface area contributed by atoms with Gasteiger partial charge in [0.2, 0.25) is 0 Å². The Bertz CT molecular complexity index is 1140. The smallest absolute Gasteiger partial charge is 0.0991 e. The van der Waals surface area contributed by atoms with Crippen molar-refractivity contribution < 1.29 is 0 Å². The lowest BCUT2D eigenvalue weighted by Gasteiger charge is -2.19. The molecule has 1 aliphatic rings. The van der Waals surface area contributed by atoms with Gasteiger partial charge in [-0.3, -0.25) is 4.90 Å². The first-order valence-corrected chi connectivity index (χ1v) is 11.1. The van der Waals surface area contributed by atoms with E-state index in [2.05, 4.69) is 81.2 Å². The summed E-state index contributed by atoms with van der Waals surface area (Å²) < 4.78 is 2.22. The minimum Gasteiger partial charge on any atom is -0.329 e. The molecule has 0 spiro atoms. The summed E-state index contributed by atoms with van der Waals surface area (Å²) in [6.45, 7) is 3.71. The minimum atomic E-state index is 0.480. The van der Waals surface area contributed by atoms with E-state index in [0.717, 1.165) is 26.2 Å². The van der Waals surface area contributed by atoms with Gasteiger partial charge in [-0.25, -0.2) is 4.98 Å².